The minimum Gasteiger partial charge on any atom is -0.279 e. The molecule has 0 aliphatic heterocycles. The van der Waals surface area contributed by atoms with Gasteiger partial charge in [0.25, 0.3) is 10.0 Å². The van der Waals surface area contributed by atoms with Crippen LogP contribution in [0.5, 0.6) is 0 Å². The normalized spacial score (nSPS) is 11.4. The summed E-state index contributed by atoms with van der Waals surface area (Å²) in [6.45, 7) is 1.80. The molecule has 0 heterocycles. The molecule has 0 radical (unpaired) electrons. The van der Waals surface area contributed by atoms with Crippen LogP contribution >= 0.6 is 39.1 Å². The van der Waals surface area contributed by atoms with Crippen LogP contribution in [0.1, 0.15) is 5.56 Å². The Hall–Kier alpha value is -0.750. The quantitative estimate of drug-likeness (QED) is 0.807. The number of anilines is 1. The van der Waals surface area contributed by atoms with Crippen molar-refractivity contribution in [1.82, 2.24) is 0 Å². The lowest BCUT2D eigenvalue weighted by Crippen LogP contribution is -2.13. The van der Waals surface area contributed by atoms with Crippen LogP contribution in [-0.2, 0) is 10.0 Å². The molecule has 7 heteroatoms. The van der Waals surface area contributed by atoms with E-state index in [4.69, 9.17) is 23.2 Å². The molecule has 106 valence electrons. The average molecular weight is 395 g/mol. The minimum atomic E-state index is -3.69. The lowest BCUT2D eigenvalue weighted by molar-refractivity contribution is 0.601. The fraction of sp³-hybridized carbons (Fsp3) is 0.0769. The van der Waals surface area contributed by atoms with E-state index in [1.165, 1.54) is 18.2 Å². The number of nitrogens with one attached hydrogen (secondary N) is 1. The zero-order valence-corrected chi connectivity index (χ0v) is 14.2. The number of hydrogen-bond donors (Lipinski definition) is 1. The van der Waals surface area contributed by atoms with Gasteiger partial charge in [0.2, 0.25) is 0 Å². The predicted octanol–water partition coefficient (Wildman–Crippen LogP) is 4.87. The largest absolute Gasteiger partial charge is 0.279 e. The zero-order valence-electron chi connectivity index (χ0n) is 10.3. The van der Waals surface area contributed by atoms with E-state index in [0.29, 0.717) is 20.2 Å². The number of rotatable bonds is 3. The molecule has 0 fully saturated rings. The molecular weight excluding hydrogens is 385 g/mol. The predicted molar refractivity (Wildman–Crippen MR) is 86.1 cm³/mol. The van der Waals surface area contributed by atoms with E-state index in [2.05, 4.69) is 20.7 Å². The number of aryl methyl sites for hydroxylation is 1. The molecule has 0 aromatic heterocycles. The molecule has 0 amide bonds. The standard InChI is InChI=1S/C13H10BrCl2NO2S/c1-8-2-3-9(15)6-13(8)17-20(18,19)10-4-5-12(16)11(14)7-10/h2-7,17H,1H3. The zero-order chi connectivity index (χ0) is 14.9. The number of benzene rings is 2. The summed E-state index contributed by atoms with van der Waals surface area (Å²) in [6, 6.07) is 9.43. The summed E-state index contributed by atoms with van der Waals surface area (Å²) >= 11 is 14.9. The van der Waals surface area contributed by atoms with Gasteiger partial charge >= 0.3 is 0 Å². The maximum Gasteiger partial charge on any atom is 0.261 e. The molecule has 0 unspecified atom stereocenters. The van der Waals surface area contributed by atoms with Crippen LogP contribution in [0.3, 0.4) is 0 Å². The van der Waals surface area contributed by atoms with Crippen LogP contribution in [0, 0.1) is 6.92 Å². The Kier molecular flexibility index (Phi) is 4.64. The SMILES string of the molecule is Cc1ccc(Cl)cc1NS(=O)(=O)c1ccc(Cl)c(Br)c1. The van der Waals surface area contributed by atoms with Gasteiger partial charge in [-0.3, -0.25) is 4.72 Å². The van der Waals surface area contributed by atoms with Gasteiger partial charge in [0.05, 0.1) is 15.6 Å². The molecule has 2 aromatic rings. The molecule has 2 aromatic carbocycles. The summed E-state index contributed by atoms with van der Waals surface area (Å²) < 4.78 is 27.7. The molecule has 3 nitrogen and oxygen atoms in total. The van der Waals surface area contributed by atoms with E-state index in [0.717, 1.165) is 5.56 Å². The molecule has 0 spiro atoms. The third-order valence-electron chi connectivity index (χ3n) is 2.65. The topological polar surface area (TPSA) is 46.2 Å². The van der Waals surface area contributed by atoms with E-state index in [9.17, 15) is 8.42 Å². The van der Waals surface area contributed by atoms with Crippen LogP contribution in [-0.4, -0.2) is 8.42 Å². The maximum absolute atomic E-state index is 12.3. The van der Waals surface area contributed by atoms with Crippen LogP contribution < -0.4 is 4.72 Å². The molecule has 1 N–H and O–H groups in total. The van der Waals surface area contributed by atoms with Gasteiger partial charge in [-0.2, -0.15) is 0 Å². The van der Waals surface area contributed by atoms with Crippen LogP contribution in [0.25, 0.3) is 0 Å². The lowest BCUT2D eigenvalue weighted by Gasteiger charge is -2.11. The van der Waals surface area contributed by atoms with E-state index in [-0.39, 0.29) is 4.90 Å². The van der Waals surface area contributed by atoms with Crippen LogP contribution in [0.2, 0.25) is 10.0 Å². The van der Waals surface area contributed by atoms with Crippen molar-refractivity contribution in [2.45, 2.75) is 11.8 Å². The molecule has 20 heavy (non-hydrogen) atoms. The number of sulfonamides is 1. The molecule has 0 atom stereocenters. The summed E-state index contributed by atoms with van der Waals surface area (Å²) in [5, 5.41) is 0.911. The molecule has 0 saturated heterocycles. The van der Waals surface area contributed by atoms with Crippen LogP contribution in [0.15, 0.2) is 45.8 Å². The Bertz CT molecular complexity index is 763. The first-order valence-corrected chi connectivity index (χ1v) is 8.57. The molecular formula is C13H10BrCl2NO2S. The fourth-order valence-electron chi connectivity index (χ4n) is 1.55. The molecule has 0 aliphatic carbocycles. The second kappa shape index (κ2) is 5.93. The van der Waals surface area contributed by atoms with E-state index in [1.54, 1.807) is 25.1 Å². The van der Waals surface area contributed by atoms with E-state index < -0.39 is 10.0 Å². The van der Waals surface area contributed by atoms with Gasteiger partial charge in [0, 0.05) is 9.50 Å². The first-order chi connectivity index (χ1) is 9.29. The van der Waals surface area contributed by atoms with E-state index in [1.807, 2.05) is 0 Å². The minimum absolute atomic E-state index is 0.119. The molecule has 0 bridgehead atoms. The summed E-state index contributed by atoms with van der Waals surface area (Å²) in [4.78, 5) is 0.119. The highest BCUT2D eigenvalue weighted by atomic mass is 79.9. The molecule has 2 rings (SSSR count). The van der Waals surface area contributed by atoms with Crippen molar-refractivity contribution in [1.29, 1.82) is 0 Å². The highest BCUT2D eigenvalue weighted by Gasteiger charge is 2.16. The maximum atomic E-state index is 12.3. The Balaban J connectivity index is 2.40. The first-order valence-electron chi connectivity index (χ1n) is 5.53. The fourth-order valence-corrected chi connectivity index (χ4v) is 3.52. The lowest BCUT2D eigenvalue weighted by atomic mass is 10.2. The Morgan fingerprint density at radius 3 is 2.45 bits per heavy atom. The Labute approximate surface area is 136 Å². The van der Waals surface area contributed by atoms with Crippen molar-refractivity contribution in [3.05, 3.63) is 56.5 Å². The summed E-state index contributed by atoms with van der Waals surface area (Å²) in [6.07, 6.45) is 0. The summed E-state index contributed by atoms with van der Waals surface area (Å²) in [7, 11) is -3.69. The Morgan fingerprint density at radius 2 is 1.80 bits per heavy atom. The van der Waals surface area contributed by atoms with Gasteiger partial charge < -0.3 is 0 Å². The second-order valence-corrected chi connectivity index (χ2v) is 7.52. The first kappa shape index (κ1) is 15.6. The highest BCUT2D eigenvalue weighted by Crippen LogP contribution is 2.28. The van der Waals surface area contributed by atoms with Gasteiger partial charge in [-0.15, -0.1) is 0 Å². The molecule has 0 aliphatic rings. The van der Waals surface area contributed by atoms with Crippen molar-refractivity contribution in [3.63, 3.8) is 0 Å². The second-order valence-electron chi connectivity index (χ2n) is 4.14. The third-order valence-corrected chi connectivity index (χ3v) is 5.46. The van der Waals surface area contributed by atoms with Crippen molar-refractivity contribution in [2.24, 2.45) is 0 Å². The highest BCUT2D eigenvalue weighted by molar-refractivity contribution is 9.10. The summed E-state index contributed by atoms with van der Waals surface area (Å²) in [5.41, 5.74) is 1.23. The average Bonchev–Trinajstić information content (AvgIpc) is 2.36. The smallest absolute Gasteiger partial charge is 0.261 e. The van der Waals surface area contributed by atoms with Gasteiger partial charge in [0.1, 0.15) is 0 Å². The summed E-state index contributed by atoms with van der Waals surface area (Å²) in [5.74, 6) is 0. The monoisotopic (exact) mass is 393 g/mol. The van der Waals surface area contributed by atoms with E-state index >= 15 is 0 Å². The van der Waals surface area contributed by atoms with Crippen LogP contribution in [0.4, 0.5) is 5.69 Å². The number of halogens is 3. The van der Waals surface area contributed by atoms with Crippen molar-refractivity contribution in [2.75, 3.05) is 4.72 Å². The van der Waals surface area contributed by atoms with Crippen molar-refractivity contribution in [3.8, 4) is 0 Å². The van der Waals surface area contributed by atoms with Gasteiger partial charge in [-0.1, -0.05) is 29.3 Å². The van der Waals surface area contributed by atoms with Gasteiger partial charge in [0.15, 0.2) is 0 Å². The Morgan fingerprint density at radius 1 is 1.10 bits per heavy atom. The van der Waals surface area contributed by atoms with Gasteiger partial charge in [-0.05, 0) is 58.7 Å². The van der Waals surface area contributed by atoms with Crippen molar-refractivity contribution >= 4 is 54.8 Å². The molecule has 0 saturated carbocycles. The number of hydrogen-bond acceptors (Lipinski definition) is 2. The van der Waals surface area contributed by atoms with Gasteiger partial charge in [-0.25, -0.2) is 8.42 Å². The third kappa shape index (κ3) is 3.47. The van der Waals surface area contributed by atoms with Crippen molar-refractivity contribution < 1.29 is 8.42 Å².